The zero-order valence-electron chi connectivity index (χ0n) is 22.5. The molecule has 0 heterocycles. The van der Waals surface area contributed by atoms with Crippen LogP contribution in [0.5, 0.6) is 0 Å². The summed E-state index contributed by atoms with van der Waals surface area (Å²) in [4.78, 5) is 28.5. The van der Waals surface area contributed by atoms with E-state index in [1.165, 1.54) is 12.1 Å². The first kappa shape index (κ1) is 33.5. The molecular weight excluding hydrogens is 638 g/mol. The van der Waals surface area contributed by atoms with Crippen molar-refractivity contribution in [2.45, 2.75) is 32.1 Å². The summed E-state index contributed by atoms with van der Waals surface area (Å²) in [5, 5.41) is 2.89. The summed E-state index contributed by atoms with van der Waals surface area (Å²) in [6, 6.07) is 14.4. The van der Waals surface area contributed by atoms with E-state index in [-0.39, 0.29) is 29.6 Å². The highest BCUT2D eigenvalue weighted by Gasteiger charge is 2.36. The molecular formula is C28H27Cl3F3N3O4S. The molecule has 0 saturated carbocycles. The molecule has 0 aromatic heterocycles. The molecule has 1 atom stereocenters. The van der Waals surface area contributed by atoms with E-state index >= 15 is 0 Å². The largest absolute Gasteiger partial charge is 0.416 e. The number of carbonyl (C=O) groups excluding carboxylic acids is 2. The number of benzene rings is 3. The van der Waals surface area contributed by atoms with Crippen molar-refractivity contribution in [1.82, 2.24) is 10.2 Å². The topological polar surface area (TPSA) is 86.8 Å². The number of likely N-dealkylation sites (N-methyl/N-ethyl adjacent to an activating group) is 1. The summed E-state index contributed by atoms with van der Waals surface area (Å²) in [7, 11) is -4.34. The molecule has 0 aliphatic carbocycles. The Kier molecular flexibility index (Phi) is 11.2. The van der Waals surface area contributed by atoms with Gasteiger partial charge >= 0.3 is 6.18 Å². The molecule has 0 bridgehead atoms. The summed E-state index contributed by atoms with van der Waals surface area (Å²) >= 11 is 18.6. The minimum atomic E-state index is -4.80. The van der Waals surface area contributed by atoms with E-state index in [4.69, 9.17) is 34.8 Å². The number of nitrogens with one attached hydrogen (secondary N) is 1. The van der Waals surface area contributed by atoms with Crippen molar-refractivity contribution in [3.05, 3.63) is 98.5 Å². The lowest BCUT2D eigenvalue weighted by Crippen LogP contribution is -2.53. The fourth-order valence-electron chi connectivity index (χ4n) is 4.15. The number of nitrogens with zero attached hydrogens (tertiary/aromatic N) is 2. The molecule has 3 rings (SSSR count). The summed E-state index contributed by atoms with van der Waals surface area (Å²) in [5.41, 5.74) is -0.587. The maximum absolute atomic E-state index is 14.0. The van der Waals surface area contributed by atoms with Crippen LogP contribution in [0.2, 0.25) is 15.1 Å². The van der Waals surface area contributed by atoms with Gasteiger partial charge in [0.15, 0.2) is 0 Å². The maximum atomic E-state index is 14.0. The lowest BCUT2D eigenvalue weighted by molar-refractivity contribution is -0.140. The number of halogens is 6. The minimum Gasteiger partial charge on any atom is -0.355 e. The molecule has 0 fully saturated rings. The quantitative estimate of drug-likeness (QED) is 0.264. The molecule has 7 nitrogen and oxygen atoms in total. The monoisotopic (exact) mass is 663 g/mol. The first-order valence-electron chi connectivity index (χ1n) is 12.5. The summed E-state index contributed by atoms with van der Waals surface area (Å²) in [6.07, 6.45) is -4.02. The number of anilines is 1. The highest BCUT2D eigenvalue weighted by molar-refractivity contribution is 7.92. The van der Waals surface area contributed by atoms with E-state index < -0.39 is 51.9 Å². The predicted octanol–water partition coefficient (Wildman–Crippen LogP) is 6.21. The van der Waals surface area contributed by atoms with Gasteiger partial charge in [0.25, 0.3) is 0 Å². The molecule has 3 aromatic carbocycles. The third-order valence-corrected chi connectivity index (χ3v) is 8.23. The molecule has 0 aliphatic heterocycles. The van der Waals surface area contributed by atoms with E-state index in [0.29, 0.717) is 32.6 Å². The molecule has 0 unspecified atom stereocenters. The lowest BCUT2D eigenvalue weighted by atomic mass is 10.0. The summed E-state index contributed by atoms with van der Waals surface area (Å²) in [5.74, 6) is -1.41. The van der Waals surface area contributed by atoms with E-state index in [2.05, 4.69) is 5.32 Å². The van der Waals surface area contributed by atoms with Crippen LogP contribution in [0.1, 0.15) is 23.6 Å². The van der Waals surface area contributed by atoms with Gasteiger partial charge in [0.1, 0.15) is 12.6 Å². The second kappa shape index (κ2) is 14.0. The van der Waals surface area contributed by atoms with Gasteiger partial charge in [-0.15, -0.1) is 0 Å². The average molecular weight is 665 g/mol. The Hall–Kier alpha value is -2.99. The molecule has 2 amide bonds. The number of rotatable bonds is 11. The molecule has 0 aliphatic rings. The van der Waals surface area contributed by atoms with Crippen molar-refractivity contribution in [2.24, 2.45) is 0 Å². The zero-order valence-corrected chi connectivity index (χ0v) is 25.5. The number of carbonyl (C=O) groups is 2. The predicted molar refractivity (Wildman–Crippen MR) is 158 cm³/mol. The van der Waals surface area contributed by atoms with Crippen LogP contribution >= 0.6 is 34.8 Å². The molecule has 1 N–H and O–H groups in total. The summed E-state index contributed by atoms with van der Waals surface area (Å²) in [6.45, 7) is 0.747. The Morgan fingerprint density at radius 3 is 2.19 bits per heavy atom. The molecule has 14 heteroatoms. The Balaban J connectivity index is 2.13. The van der Waals surface area contributed by atoms with Gasteiger partial charge in [-0.05, 0) is 48.4 Å². The second-order valence-corrected chi connectivity index (χ2v) is 12.4. The van der Waals surface area contributed by atoms with Gasteiger partial charge in [-0.3, -0.25) is 13.9 Å². The number of alkyl halides is 3. The van der Waals surface area contributed by atoms with Gasteiger partial charge in [-0.1, -0.05) is 71.2 Å². The molecule has 3 aromatic rings. The highest BCUT2D eigenvalue weighted by atomic mass is 35.5. The van der Waals surface area contributed by atoms with Gasteiger partial charge in [-0.25, -0.2) is 8.42 Å². The molecule has 0 radical (unpaired) electrons. The SMILES string of the molecule is CCNC(=O)[C@H](Cc1ccccc1)N(Cc1ccc(Cl)cc1Cl)C(=O)CN(c1cc(C(F)(F)F)ccc1Cl)S(C)(=O)=O. The summed E-state index contributed by atoms with van der Waals surface area (Å²) < 4.78 is 66.6. The number of hydrogen-bond donors (Lipinski definition) is 1. The van der Waals surface area contributed by atoms with Crippen molar-refractivity contribution < 1.29 is 31.2 Å². The van der Waals surface area contributed by atoms with Crippen molar-refractivity contribution in [3.8, 4) is 0 Å². The molecule has 0 spiro atoms. The lowest BCUT2D eigenvalue weighted by Gasteiger charge is -2.34. The fraction of sp³-hybridized carbons (Fsp3) is 0.286. The first-order chi connectivity index (χ1) is 19.6. The second-order valence-electron chi connectivity index (χ2n) is 9.29. The Morgan fingerprint density at radius 2 is 1.62 bits per heavy atom. The molecule has 0 saturated heterocycles. The number of hydrogen-bond acceptors (Lipinski definition) is 4. The fourth-order valence-corrected chi connectivity index (χ4v) is 5.75. The maximum Gasteiger partial charge on any atom is 0.416 e. The Bertz CT molecular complexity index is 1540. The van der Waals surface area contributed by atoms with Gasteiger partial charge in [0.05, 0.1) is 22.5 Å². The van der Waals surface area contributed by atoms with Crippen LogP contribution in [0.3, 0.4) is 0 Å². The smallest absolute Gasteiger partial charge is 0.355 e. The highest BCUT2D eigenvalue weighted by Crippen LogP contribution is 2.36. The first-order valence-corrected chi connectivity index (χ1v) is 15.5. The number of amides is 2. The van der Waals surface area contributed by atoms with E-state index in [0.717, 1.165) is 17.2 Å². The van der Waals surface area contributed by atoms with Crippen LogP contribution in [0.25, 0.3) is 0 Å². The van der Waals surface area contributed by atoms with Crippen molar-refractivity contribution in [1.29, 1.82) is 0 Å². The Morgan fingerprint density at radius 1 is 0.952 bits per heavy atom. The van der Waals surface area contributed by atoms with Gasteiger partial charge in [-0.2, -0.15) is 13.2 Å². The standard InChI is InChI=1S/C28H27Cl3F3N3O4S/c1-3-35-27(39)25(13-18-7-5-4-6-8-18)36(16-19-9-11-21(29)15-23(19)31)26(38)17-37(42(2,40)41)24-14-20(28(32,33)34)10-12-22(24)30/h4-12,14-15,25H,3,13,16-17H2,1-2H3,(H,35,39)/t25-/m0/s1. The van der Waals surface area contributed by atoms with Crippen LogP contribution < -0.4 is 9.62 Å². The van der Waals surface area contributed by atoms with E-state index in [9.17, 15) is 31.2 Å². The van der Waals surface area contributed by atoms with Crippen LogP contribution in [0.15, 0.2) is 66.7 Å². The minimum absolute atomic E-state index is 0.0484. The molecule has 226 valence electrons. The third kappa shape index (κ3) is 8.76. The van der Waals surface area contributed by atoms with Gasteiger partial charge < -0.3 is 10.2 Å². The number of sulfonamides is 1. The Labute approximate surface area is 257 Å². The van der Waals surface area contributed by atoms with Gasteiger partial charge in [0.2, 0.25) is 21.8 Å². The normalized spacial score (nSPS) is 12.5. The van der Waals surface area contributed by atoms with Crippen LogP contribution in [0, 0.1) is 0 Å². The van der Waals surface area contributed by atoms with Crippen molar-refractivity contribution >= 4 is 62.3 Å². The zero-order chi connectivity index (χ0) is 31.2. The van der Waals surface area contributed by atoms with Crippen molar-refractivity contribution in [2.75, 3.05) is 23.7 Å². The van der Waals surface area contributed by atoms with Crippen LogP contribution in [-0.4, -0.2) is 50.5 Å². The van der Waals surface area contributed by atoms with E-state index in [1.807, 2.05) is 0 Å². The average Bonchev–Trinajstić information content (AvgIpc) is 2.90. The van der Waals surface area contributed by atoms with Crippen LogP contribution in [0.4, 0.5) is 18.9 Å². The van der Waals surface area contributed by atoms with E-state index in [1.54, 1.807) is 43.3 Å². The van der Waals surface area contributed by atoms with Gasteiger partial charge in [0, 0.05) is 29.6 Å². The van der Waals surface area contributed by atoms with Crippen LogP contribution in [-0.2, 0) is 38.8 Å². The molecule has 42 heavy (non-hydrogen) atoms. The van der Waals surface area contributed by atoms with Crippen molar-refractivity contribution in [3.63, 3.8) is 0 Å². The third-order valence-electron chi connectivity index (χ3n) is 6.20.